The minimum absolute atomic E-state index is 0.208. The van der Waals surface area contributed by atoms with Gasteiger partial charge in [-0.05, 0) is 44.1 Å². The lowest BCUT2D eigenvalue weighted by Crippen LogP contribution is -2.44. The molecule has 2 atom stereocenters. The van der Waals surface area contributed by atoms with E-state index in [2.05, 4.69) is 19.2 Å². The van der Waals surface area contributed by atoms with Crippen LogP contribution in [0, 0.1) is 17.8 Å². The first-order valence-electron chi connectivity index (χ1n) is 7.07. The molecule has 0 bridgehead atoms. The molecule has 0 radical (unpaired) electrons. The van der Waals surface area contributed by atoms with Crippen molar-refractivity contribution in [3.8, 4) is 0 Å². The molecule has 1 heterocycles. The number of amides is 1. The average Bonchev–Trinajstić information content (AvgIpc) is 2.74. The van der Waals surface area contributed by atoms with Crippen molar-refractivity contribution in [2.45, 2.75) is 45.6 Å². The lowest BCUT2D eigenvalue weighted by molar-refractivity contribution is -0.137. The van der Waals surface area contributed by atoms with Gasteiger partial charge < -0.3 is 10.2 Å². The Balaban J connectivity index is 1.90. The van der Waals surface area contributed by atoms with Crippen LogP contribution >= 0.6 is 0 Å². The molecule has 3 heteroatoms. The van der Waals surface area contributed by atoms with Crippen LogP contribution in [-0.4, -0.2) is 37.0 Å². The summed E-state index contributed by atoms with van der Waals surface area (Å²) in [6.07, 6.45) is 4.94. The van der Waals surface area contributed by atoms with E-state index < -0.39 is 0 Å². The second-order valence-electron chi connectivity index (χ2n) is 6.10. The highest BCUT2D eigenvalue weighted by Crippen LogP contribution is 2.28. The average molecular weight is 238 g/mol. The van der Waals surface area contributed by atoms with E-state index in [9.17, 15) is 4.79 Å². The second kappa shape index (κ2) is 5.38. The molecule has 2 fully saturated rings. The summed E-state index contributed by atoms with van der Waals surface area (Å²) in [6.45, 7) is 6.36. The van der Waals surface area contributed by atoms with Gasteiger partial charge in [0, 0.05) is 19.6 Å². The lowest BCUT2D eigenvalue weighted by atomic mass is 9.86. The van der Waals surface area contributed by atoms with Crippen LogP contribution < -0.4 is 5.32 Å². The van der Waals surface area contributed by atoms with Crippen molar-refractivity contribution < 1.29 is 4.79 Å². The summed E-state index contributed by atoms with van der Waals surface area (Å²) >= 11 is 0. The normalized spacial score (nSPS) is 38.1. The van der Waals surface area contributed by atoms with Crippen molar-refractivity contribution in [1.29, 1.82) is 0 Å². The maximum absolute atomic E-state index is 12.4. The molecule has 2 aliphatic rings. The van der Waals surface area contributed by atoms with Gasteiger partial charge in [0.05, 0.1) is 5.92 Å². The summed E-state index contributed by atoms with van der Waals surface area (Å²) in [4.78, 5) is 14.5. The number of nitrogens with one attached hydrogen (secondary N) is 1. The van der Waals surface area contributed by atoms with Gasteiger partial charge in [0.2, 0.25) is 5.91 Å². The van der Waals surface area contributed by atoms with Gasteiger partial charge in [-0.1, -0.05) is 13.8 Å². The van der Waals surface area contributed by atoms with Gasteiger partial charge >= 0.3 is 0 Å². The quantitative estimate of drug-likeness (QED) is 0.796. The molecule has 0 aromatic rings. The third-order valence-corrected chi connectivity index (χ3v) is 4.72. The first-order chi connectivity index (χ1) is 8.09. The third kappa shape index (κ3) is 2.82. The van der Waals surface area contributed by atoms with Gasteiger partial charge in [0.15, 0.2) is 0 Å². The SMILES string of the molecule is CC1CCC(N(C)C(=O)C2CNCC2C)CC1. The van der Waals surface area contributed by atoms with E-state index in [0.717, 1.165) is 19.0 Å². The van der Waals surface area contributed by atoms with E-state index in [1.54, 1.807) is 0 Å². The van der Waals surface area contributed by atoms with E-state index in [0.29, 0.717) is 17.9 Å². The molecule has 98 valence electrons. The van der Waals surface area contributed by atoms with Gasteiger partial charge in [0.1, 0.15) is 0 Å². The molecular formula is C14H26N2O. The van der Waals surface area contributed by atoms with Crippen LogP contribution in [0.25, 0.3) is 0 Å². The van der Waals surface area contributed by atoms with Crippen LogP contribution in [0.15, 0.2) is 0 Å². The fourth-order valence-corrected chi connectivity index (χ4v) is 3.21. The number of rotatable bonds is 2. The number of carbonyl (C=O) groups excluding carboxylic acids is 1. The van der Waals surface area contributed by atoms with E-state index in [-0.39, 0.29) is 5.92 Å². The summed E-state index contributed by atoms with van der Waals surface area (Å²) in [5.74, 6) is 1.91. The molecule has 2 unspecified atom stereocenters. The zero-order valence-corrected chi connectivity index (χ0v) is 11.4. The fraction of sp³-hybridized carbons (Fsp3) is 0.929. The Bertz CT molecular complexity index is 271. The number of hydrogen-bond acceptors (Lipinski definition) is 2. The van der Waals surface area contributed by atoms with Crippen molar-refractivity contribution >= 4 is 5.91 Å². The maximum Gasteiger partial charge on any atom is 0.227 e. The highest BCUT2D eigenvalue weighted by Gasteiger charge is 2.34. The monoisotopic (exact) mass is 238 g/mol. The summed E-state index contributed by atoms with van der Waals surface area (Å²) in [7, 11) is 2.01. The highest BCUT2D eigenvalue weighted by atomic mass is 16.2. The van der Waals surface area contributed by atoms with Crippen molar-refractivity contribution in [3.05, 3.63) is 0 Å². The molecule has 1 saturated heterocycles. The largest absolute Gasteiger partial charge is 0.342 e. The summed E-state index contributed by atoms with van der Waals surface area (Å²) in [5.41, 5.74) is 0. The number of carbonyl (C=O) groups is 1. The Labute approximate surface area is 105 Å². The standard InChI is InChI=1S/C14H26N2O/c1-10-4-6-12(7-5-10)16(3)14(17)13-9-15-8-11(13)2/h10-13,15H,4-9H2,1-3H3. The van der Waals surface area contributed by atoms with Crippen LogP contribution in [0.5, 0.6) is 0 Å². The van der Waals surface area contributed by atoms with Crippen LogP contribution in [-0.2, 0) is 4.79 Å². The zero-order chi connectivity index (χ0) is 12.4. The van der Waals surface area contributed by atoms with Gasteiger partial charge in [-0.3, -0.25) is 4.79 Å². The van der Waals surface area contributed by atoms with E-state index >= 15 is 0 Å². The van der Waals surface area contributed by atoms with Crippen LogP contribution in [0.2, 0.25) is 0 Å². The summed E-state index contributed by atoms with van der Waals surface area (Å²) < 4.78 is 0. The van der Waals surface area contributed by atoms with Gasteiger partial charge in [-0.2, -0.15) is 0 Å². The Hall–Kier alpha value is -0.570. The molecule has 2 rings (SSSR count). The van der Waals surface area contributed by atoms with Crippen molar-refractivity contribution in [3.63, 3.8) is 0 Å². The molecule has 1 saturated carbocycles. The molecule has 1 amide bonds. The molecule has 1 N–H and O–H groups in total. The fourth-order valence-electron chi connectivity index (χ4n) is 3.21. The lowest BCUT2D eigenvalue weighted by Gasteiger charge is -2.35. The van der Waals surface area contributed by atoms with Crippen molar-refractivity contribution in [2.24, 2.45) is 17.8 Å². The van der Waals surface area contributed by atoms with E-state index in [1.807, 2.05) is 11.9 Å². The Morgan fingerprint density at radius 3 is 2.29 bits per heavy atom. The smallest absolute Gasteiger partial charge is 0.227 e. The minimum atomic E-state index is 0.208. The van der Waals surface area contributed by atoms with Crippen molar-refractivity contribution in [2.75, 3.05) is 20.1 Å². The van der Waals surface area contributed by atoms with Gasteiger partial charge in [-0.15, -0.1) is 0 Å². The molecule has 0 aromatic heterocycles. The minimum Gasteiger partial charge on any atom is -0.342 e. The molecule has 1 aliphatic heterocycles. The second-order valence-corrected chi connectivity index (χ2v) is 6.10. The molecule has 0 spiro atoms. The van der Waals surface area contributed by atoms with Crippen LogP contribution in [0.3, 0.4) is 0 Å². The third-order valence-electron chi connectivity index (χ3n) is 4.72. The van der Waals surface area contributed by atoms with Crippen LogP contribution in [0.4, 0.5) is 0 Å². The first kappa shape index (κ1) is 12.9. The molecule has 17 heavy (non-hydrogen) atoms. The highest BCUT2D eigenvalue weighted by molar-refractivity contribution is 5.79. The first-order valence-corrected chi connectivity index (χ1v) is 7.07. The number of hydrogen-bond donors (Lipinski definition) is 1. The zero-order valence-electron chi connectivity index (χ0n) is 11.4. The maximum atomic E-state index is 12.4. The summed E-state index contributed by atoms with van der Waals surface area (Å²) in [6, 6.07) is 0.492. The van der Waals surface area contributed by atoms with Crippen LogP contribution in [0.1, 0.15) is 39.5 Å². The van der Waals surface area contributed by atoms with E-state index in [4.69, 9.17) is 0 Å². The van der Waals surface area contributed by atoms with E-state index in [1.165, 1.54) is 25.7 Å². The molecular weight excluding hydrogens is 212 g/mol. The molecule has 0 aromatic carbocycles. The van der Waals surface area contributed by atoms with Crippen molar-refractivity contribution in [1.82, 2.24) is 10.2 Å². The number of nitrogens with zero attached hydrogens (tertiary/aromatic N) is 1. The Morgan fingerprint density at radius 1 is 1.12 bits per heavy atom. The van der Waals surface area contributed by atoms with Gasteiger partial charge in [-0.25, -0.2) is 0 Å². The van der Waals surface area contributed by atoms with Gasteiger partial charge in [0.25, 0.3) is 0 Å². The Kier molecular flexibility index (Phi) is 4.08. The predicted octanol–water partition coefficient (Wildman–Crippen LogP) is 1.88. The Morgan fingerprint density at radius 2 is 1.76 bits per heavy atom. The predicted molar refractivity (Wildman–Crippen MR) is 69.7 cm³/mol. The molecule has 1 aliphatic carbocycles. The summed E-state index contributed by atoms with van der Waals surface area (Å²) in [5, 5.41) is 3.32. The molecule has 3 nitrogen and oxygen atoms in total. The topological polar surface area (TPSA) is 32.3 Å².